The van der Waals surface area contributed by atoms with Crippen LogP contribution in [0.4, 0.5) is 0 Å². The van der Waals surface area contributed by atoms with Gasteiger partial charge in [0.1, 0.15) is 0 Å². The summed E-state index contributed by atoms with van der Waals surface area (Å²) >= 11 is 1.57. The van der Waals surface area contributed by atoms with Gasteiger partial charge >= 0.3 is 11.9 Å². The lowest BCUT2D eigenvalue weighted by atomic mass is 10.1. The molecule has 156 valence electrons. The fourth-order valence-corrected chi connectivity index (χ4v) is 3.32. The molecule has 0 aliphatic rings. The number of carbonyl (C=O) groups is 2. The van der Waals surface area contributed by atoms with Gasteiger partial charge in [0.25, 0.3) is 0 Å². The summed E-state index contributed by atoms with van der Waals surface area (Å²) in [7, 11) is 0. The SMILES string of the molecule is CCC(=O)O.CCCCCCCCCCCCCCCSC(C)C(=O)O. The van der Waals surface area contributed by atoms with E-state index in [-0.39, 0.29) is 11.7 Å². The third-order valence-electron chi connectivity index (χ3n) is 4.27. The van der Waals surface area contributed by atoms with Crippen LogP contribution in [0.25, 0.3) is 0 Å². The smallest absolute Gasteiger partial charge is 0.316 e. The first-order valence-corrected chi connectivity index (χ1v) is 11.6. The Balaban J connectivity index is 0. The zero-order chi connectivity index (χ0) is 20.0. The summed E-state index contributed by atoms with van der Waals surface area (Å²) in [6.07, 6.45) is 18.0. The van der Waals surface area contributed by atoms with E-state index in [0.717, 1.165) is 5.75 Å². The van der Waals surface area contributed by atoms with Crippen molar-refractivity contribution in [1.82, 2.24) is 0 Å². The van der Waals surface area contributed by atoms with Crippen LogP contribution in [0.15, 0.2) is 0 Å². The van der Waals surface area contributed by atoms with E-state index in [4.69, 9.17) is 10.2 Å². The third-order valence-corrected chi connectivity index (χ3v) is 5.49. The van der Waals surface area contributed by atoms with Gasteiger partial charge in [-0.1, -0.05) is 90.9 Å². The summed E-state index contributed by atoms with van der Waals surface area (Å²) in [6.45, 7) is 5.64. The van der Waals surface area contributed by atoms with Crippen LogP contribution in [0.5, 0.6) is 0 Å². The molecular weight excluding hydrogens is 348 g/mol. The van der Waals surface area contributed by atoms with Gasteiger partial charge in [0.2, 0.25) is 0 Å². The molecule has 0 heterocycles. The summed E-state index contributed by atoms with van der Waals surface area (Å²) in [5, 5.41) is 16.2. The van der Waals surface area contributed by atoms with Crippen molar-refractivity contribution < 1.29 is 19.8 Å². The summed E-state index contributed by atoms with van der Waals surface area (Å²) in [5.41, 5.74) is 0. The van der Waals surface area contributed by atoms with Gasteiger partial charge in [0, 0.05) is 6.42 Å². The van der Waals surface area contributed by atoms with Gasteiger partial charge < -0.3 is 10.2 Å². The molecule has 0 aromatic carbocycles. The Hall–Kier alpha value is -0.710. The molecular formula is C21H42O4S. The van der Waals surface area contributed by atoms with E-state index in [1.165, 1.54) is 83.5 Å². The van der Waals surface area contributed by atoms with E-state index in [9.17, 15) is 9.59 Å². The second-order valence-electron chi connectivity index (χ2n) is 6.84. The lowest BCUT2D eigenvalue weighted by molar-refractivity contribution is -0.137. The maximum absolute atomic E-state index is 10.6. The first-order valence-electron chi connectivity index (χ1n) is 10.5. The van der Waals surface area contributed by atoms with E-state index in [0.29, 0.717) is 0 Å². The first kappa shape index (κ1) is 27.5. The maximum Gasteiger partial charge on any atom is 0.316 e. The number of carboxylic acid groups (broad SMARTS) is 2. The number of carboxylic acids is 2. The molecule has 0 spiro atoms. The molecule has 0 radical (unpaired) electrons. The largest absolute Gasteiger partial charge is 0.481 e. The fourth-order valence-electron chi connectivity index (χ4n) is 2.45. The Labute approximate surface area is 165 Å². The predicted octanol–water partition coefficient (Wildman–Crippen LogP) is 6.76. The molecule has 1 atom stereocenters. The molecule has 5 heteroatoms. The Morgan fingerprint density at radius 3 is 1.38 bits per heavy atom. The average molecular weight is 391 g/mol. The molecule has 4 nitrogen and oxygen atoms in total. The van der Waals surface area contributed by atoms with Gasteiger partial charge in [-0.05, 0) is 19.1 Å². The van der Waals surface area contributed by atoms with E-state index in [1.54, 1.807) is 25.6 Å². The zero-order valence-electron chi connectivity index (χ0n) is 17.3. The highest BCUT2D eigenvalue weighted by molar-refractivity contribution is 8.00. The predicted molar refractivity (Wildman–Crippen MR) is 113 cm³/mol. The molecule has 0 amide bonds. The minimum absolute atomic E-state index is 0.222. The van der Waals surface area contributed by atoms with Crippen molar-refractivity contribution in [3.8, 4) is 0 Å². The molecule has 26 heavy (non-hydrogen) atoms. The van der Waals surface area contributed by atoms with Crippen LogP contribution in [0.2, 0.25) is 0 Å². The minimum Gasteiger partial charge on any atom is -0.481 e. The maximum atomic E-state index is 10.6. The molecule has 0 aromatic rings. The van der Waals surface area contributed by atoms with E-state index in [2.05, 4.69) is 6.92 Å². The van der Waals surface area contributed by atoms with Crippen molar-refractivity contribution >= 4 is 23.7 Å². The quantitative estimate of drug-likeness (QED) is 0.268. The average Bonchev–Trinajstić information content (AvgIpc) is 2.62. The van der Waals surface area contributed by atoms with Gasteiger partial charge in [0.05, 0.1) is 5.25 Å². The second-order valence-corrected chi connectivity index (χ2v) is 8.29. The Morgan fingerprint density at radius 1 is 0.731 bits per heavy atom. The molecule has 0 saturated heterocycles. The number of aliphatic carboxylic acids is 2. The van der Waals surface area contributed by atoms with Crippen LogP contribution in [0, 0.1) is 0 Å². The number of rotatable bonds is 17. The highest BCUT2D eigenvalue weighted by Crippen LogP contribution is 2.15. The molecule has 0 aromatic heterocycles. The summed E-state index contributed by atoms with van der Waals surface area (Å²) in [4.78, 5) is 20.0. The van der Waals surface area contributed by atoms with Crippen LogP contribution < -0.4 is 0 Å². The normalized spacial score (nSPS) is 11.5. The molecule has 0 bridgehead atoms. The molecule has 0 rings (SSSR count). The van der Waals surface area contributed by atoms with E-state index >= 15 is 0 Å². The van der Waals surface area contributed by atoms with Gasteiger partial charge in [-0.15, -0.1) is 11.8 Å². The van der Waals surface area contributed by atoms with Crippen molar-refractivity contribution in [3.63, 3.8) is 0 Å². The summed E-state index contributed by atoms with van der Waals surface area (Å²) in [5.74, 6) is -0.440. The lowest BCUT2D eigenvalue weighted by Crippen LogP contribution is -2.11. The Morgan fingerprint density at radius 2 is 1.08 bits per heavy atom. The fraction of sp³-hybridized carbons (Fsp3) is 0.905. The zero-order valence-corrected chi connectivity index (χ0v) is 18.1. The topological polar surface area (TPSA) is 74.6 Å². The monoisotopic (exact) mass is 390 g/mol. The molecule has 0 aliphatic carbocycles. The number of hydrogen-bond donors (Lipinski definition) is 2. The van der Waals surface area contributed by atoms with Gasteiger partial charge in [-0.25, -0.2) is 0 Å². The Bertz CT molecular complexity index is 321. The van der Waals surface area contributed by atoms with Crippen molar-refractivity contribution in [3.05, 3.63) is 0 Å². The van der Waals surface area contributed by atoms with Gasteiger partial charge in [-0.2, -0.15) is 0 Å². The minimum atomic E-state index is -0.745. The van der Waals surface area contributed by atoms with Crippen LogP contribution >= 0.6 is 11.8 Å². The molecule has 0 aliphatic heterocycles. The van der Waals surface area contributed by atoms with Crippen LogP contribution in [-0.2, 0) is 9.59 Å². The highest BCUT2D eigenvalue weighted by atomic mass is 32.2. The van der Waals surface area contributed by atoms with Gasteiger partial charge in [-0.3, -0.25) is 9.59 Å². The molecule has 0 fully saturated rings. The van der Waals surface area contributed by atoms with Gasteiger partial charge in [0.15, 0.2) is 0 Å². The highest BCUT2D eigenvalue weighted by Gasteiger charge is 2.09. The summed E-state index contributed by atoms with van der Waals surface area (Å²) < 4.78 is 0. The van der Waals surface area contributed by atoms with Crippen LogP contribution in [0.1, 0.15) is 111 Å². The standard InChI is InChI=1S/C18H36O2S.C3H6O2/c1-3-4-5-6-7-8-9-10-11-12-13-14-15-16-21-17(2)18(19)20;1-2-3(4)5/h17H,3-16H2,1-2H3,(H,19,20);2H2,1H3,(H,4,5). The number of hydrogen-bond acceptors (Lipinski definition) is 3. The number of thioether (sulfide) groups is 1. The third kappa shape index (κ3) is 25.5. The number of unbranched alkanes of at least 4 members (excludes halogenated alkanes) is 12. The van der Waals surface area contributed by atoms with Crippen LogP contribution in [-0.4, -0.2) is 33.2 Å². The second kappa shape index (κ2) is 22.3. The van der Waals surface area contributed by atoms with Crippen molar-refractivity contribution in [1.29, 1.82) is 0 Å². The summed E-state index contributed by atoms with van der Waals surface area (Å²) in [6, 6.07) is 0. The van der Waals surface area contributed by atoms with Crippen LogP contribution in [0.3, 0.4) is 0 Å². The van der Waals surface area contributed by atoms with Crippen molar-refractivity contribution in [2.24, 2.45) is 0 Å². The Kier molecular flexibility index (Phi) is 23.6. The molecule has 1 unspecified atom stereocenters. The lowest BCUT2D eigenvalue weighted by Gasteiger charge is -2.05. The molecule has 2 N–H and O–H groups in total. The van der Waals surface area contributed by atoms with E-state index in [1.807, 2.05) is 0 Å². The van der Waals surface area contributed by atoms with Crippen molar-refractivity contribution in [2.45, 2.75) is 116 Å². The first-order chi connectivity index (χ1) is 12.5. The van der Waals surface area contributed by atoms with Crippen molar-refractivity contribution in [2.75, 3.05) is 5.75 Å². The molecule has 0 saturated carbocycles. The van der Waals surface area contributed by atoms with E-state index < -0.39 is 11.9 Å².